The molecular formula is C22H28N2O3S. The number of sulfonamides is 1. The first kappa shape index (κ1) is 20.6. The Morgan fingerprint density at radius 2 is 1.86 bits per heavy atom. The van der Waals surface area contributed by atoms with Crippen molar-refractivity contribution in [3.8, 4) is 0 Å². The van der Waals surface area contributed by atoms with E-state index in [4.69, 9.17) is 0 Å². The predicted molar refractivity (Wildman–Crippen MR) is 110 cm³/mol. The highest BCUT2D eigenvalue weighted by molar-refractivity contribution is 7.89. The van der Waals surface area contributed by atoms with E-state index in [0.717, 1.165) is 29.5 Å². The Morgan fingerprint density at radius 3 is 2.57 bits per heavy atom. The van der Waals surface area contributed by atoms with Crippen LogP contribution in [-0.2, 0) is 21.2 Å². The van der Waals surface area contributed by atoms with Crippen LogP contribution in [0.1, 0.15) is 48.9 Å². The van der Waals surface area contributed by atoms with Crippen LogP contribution in [0.15, 0.2) is 53.4 Å². The third kappa shape index (κ3) is 4.45. The van der Waals surface area contributed by atoms with Crippen molar-refractivity contribution in [3.05, 3.63) is 65.2 Å². The maximum atomic E-state index is 13.4. The second kappa shape index (κ2) is 8.88. The van der Waals surface area contributed by atoms with Crippen molar-refractivity contribution in [1.29, 1.82) is 0 Å². The quantitative estimate of drug-likeness (QED) is 0.722. The van der Waals surface area contributed by atoms with Gasteiger partial charge in [-0.15, -0.1) is 0 Å². The molecule has 0 aliphatic carbocycles. The third-order valence-electron chi connectivity index (χ3n) is 5.22. The van der Waals surface area contributed by atoms with Gasteiger partial charge >= 0.3 is 0 Å². The van der Waals surface area contributed by atoms with Gasteiger partial charge in [-0.2, -0.15) is 4.31 Å². The Labute approximate surface area is 167 Å². The lowest BCUT2D eigenvalue weighted by Gasteiger charge is -2.36. The molecule has 2 aromatic rings. The Kier molecular flexibility index (Phi) is 6.52. The van der Waals surface area contributed by atoms with E-state index in [1.54, 1.807) is 24.3 Å². The molecule has 3 rings (SSSR count). The summed E-state index contributed by atoms with van der Waals surface area (Å²) < 4.78 is 28.2. The van der Waals surface area contributed by atoms with Gasteiger partial charge in [0.25, 0.3) is 0 Å². The summed E-state index contributed by atoms with van der Waals surface area (Å²) in [7, 11) is -3.69. The summed E-state index contributed by atoms with van der Waals surface area (Å²) in [5, 5.41) is 2.92. The number of nitrogens with zero attached hydrogens (tertiary/aromatic N) is 1. The van der Waals surface area contributed by atoms with Crippen molar-refractivity contribution < 1.29 is 13.2 Å². The molecule has 1 heterocycles. The number of hydrogen-bond acceptors (Lipinski definition) is 3. The van der Waals surface area contributed by atoms with Gasteiger partial charge in [-0.3, -0.25) is 4.79 Å². The van der Waals surface area contributed by atoms with Crippen LogP contribution in [-0.4, -0.2) is 31.7 Å². The summed E-state index contributed by atoms with van der Waals surface area (Å²) in [4.78, 5) is 12.8. The molecule has 0 saturated heterocycles. The predicted octanol–water partition coefficient (Wildman–Crippen LogP) is 3.59. The number of fused-ring (bicyclic) bond motifs is 1. The molecule has 5 nitrogen and oxygen atoms in total. The standard InChI is InChI=1S/C22H28N2O3S/c1-3-4-14-23-22(25)16-21-20-8-6-5-7-18(20)13-15-24(21)28(26,27)19-11-9-17(2)10-12-19/h5-12,21H,3-4,13-16H2,1-2H3,(H,23,25). The van der Waals surface area contributed by atoms with Crippen LogP contribution in [0.3, 0.4) is 0 Å². The molecule has 28 heavy (non-hydrogen) atoms. The van der Waals surface area contributed by atoms with Crippen LogP contribution in [0.25, 0.3) is 0 Å². The molecule has 0 bridgehead atoms. The average Bonchev–Trinajstić information content (AvgIpc) is 2.68. The molecular weight excluding hydrogens is 372 g/mol. The first-order valence-corrected chi connectivity index (χ1v) is 11.3. The number of carbonyl (C=O) groups is 1. The maximum absolute atomic E-state index is 13.4. The lowest BCUT2D eigenvalue weighted by Crippen LogP contribution is -2.42. The molecule has 150 valence electrons. The van der Waals surface area contributed by atoms with E-state index in [-0.39, 0.29) is 17.2 Å². The average molecular weight is 401 g/mol. The van der Waals surface area contributed by atoms with Gasteiger partial charge in [-0.25, -0.2) is 8.42 Å². The van der Waals surface area contributed by atoms with Crippen LogP contribution >= 0.6 is 0 Å². The molecule has 6 heteroatoms. The molecule has 1 unspecified atom stereocenters. The minimum atomic E-state index is -3.69. The van der Waals surface area contributed by atoms with Gasteiger partial charge in [0.15, 0.2) is 0 Å². The second-order valence-corrected chi connectivity index (χ2v) is 9.19. The highest BCUT2D eigenvalue weighted by Crippen LogP contribution is 2.36. The zero-order valence-electron chi connectivity index (χ0n) is 16.5. The molecule has 0 aromatic heterocycles. The number of unbranched alkanes of at least 4 members (excludes halogenated alkanes) is 1. The van der Waals surface area contributed by atoms with Crippen molar-refractivity contribution in [2.24, 2.45) is 0 Å². The van der Waals surface area contributed by atoms with Crippen molar-refractivity contribution in [3.63, 3.8) is 0 Å². The molecule has 1 aliphatic rings. The van der Waals surface area contributed by atoms with E-state index in [0.29, 0.717) is 19.5 Å². The highest BCUT2D eigenvalue weighted by Gasteiger charge is 2.37. The lowest BCUT2D eigenvalue weighted by molar-refractivity contribution is -0.122. The molecule has 0 saturated carbocycles. The van der Waals surface area contributed by atoms with Crippen LogP contribution in [0.2, 0.25) is 0 Å². The van der Waals surface area contributed by atoms with Crippen LogP contribution in [0.5, 0.6) is 0 Å². The van der Waals surface area contributed by atoms with E-state index in [1.165, 1.54) is 4.31 Å². The summed E-state index contributed by atoms with van der Waals surface area (Å²) in [6.07, 6.45) is 2.69. The Balaban J connectivity index is 1.92. The molecule has 1 aliphatic heterocycles. The monoisotopic (exact) mass is 400 g/mol. The van der Waals surface area contributed by atoms with Gasteiger partial charge in [-0.05, 0) is 43.0 Å². The first-order chi connectivity index (χ1) is 13.4. The number of nitrogens with one attached hydrogen (secondary N) is 1. The minimum Gasteiger partial charge on any atom is -0.356 e. The Hall–Kier alpha value is -2.18. The molecule has 1 N–H and O–H groups in total. The van der Waals surface area contributed by atoms with Crippen molar-refractivity contribution in [2.75, 3.05) is 13.1 Å². The molecule has 1 amide bonds. The molecule has 2 aromatic carbocycles. The molecule has 0 radical (unpaired) electrons. The minimum absolute atomic E-state index is 0.112. The first-order valence-electron chi connectivity index (χ1n) is 9.86. The van der Waals surface area contributed by atoms with Crippen LogP contribution in [0.4, 0.5) is 0 Å². The zero-order valence-corrected chi connectivity index (χ0v) is 17.3. The van der Waals surface area contributed by atoms with Crippen LogP contribution in [0, 0.1) is 6.92 Å². The third-order valence-corrected chi connectivity index (χ3v) is 7.14. The highest BCUT2D eigenvalue weighted by atomic mass is 32.2. The van der Waals surface area contributed by atoms with Crippen molar-refractivity contribution in [2.45, 2.75) is 50.5 Å². The smallest absolute Gasteiger partial charge is 0.243 e. The van der Waals surface area contributed by atoms with E-state index in [2.05, 4.69) is 12.2 Å². The largest absolute Gasteiger partial charge is 0.356 e. The summed E-state index contributed by atoms with van der Waals surface area (Å²) >= 11 is 0. The summed E-state index contributed by atoms with van der Waals surface area (Å²) in [5.74, 6) is -0.112. The summed E-state index contributed by atoms with van der Waals surface area (Å²) in [5.41, 5.74) is 3.05. The van der Waals surface area contributed by atoms with Crippen molar-refractivity contribution >= 4 is 15.9 Å². The van der Waals surface area contributed by atoms with E-state index in [9.17, 15) is 13.2 Å². The van der Waals surface area contributed by atoms with E-state index in [1.807, 2.05) is 31.2 Å². The van der Waals surface area contributed by atoms with E-state index >= 15 is 0 Å². The SMILES string of the molecule is CCCCNC(=O)CC1c2ccccc2CCN1S(=O)(=O)c1ccc(C)cc1. The van der Waals surface area contributed by atoms with Crippen molar-refractivity contribution in [1.82, 2.24) is 9.62 Å². The van der Waals surface area contributed by atoms with Gasteiger partial charge in [0.2, 0.25) is 15.9 Å². The van der Waals surface area contributed by atoms with Gasteiger partial charge in [-0.1, -0.05) is 55.3 Å². The number of hydrogen-bond donors (Lipinski definition) is 1. The van der Waals surface area contributed by atoms with Crippen LogP contribution < -0.4 is 5.32 Å². The van der Waals surface area contributed by atoms with Gasteiger partial charge < -0.3 is 5.32 Å². The molecule has 0 spiro atoms. The zero-order chi connectivity index (χ0) is 20.1. The maximum Gasteiger partial charge on any atom is 0.243 e. The summed E-state index contributed by atoms with van der Waals surface area (Å²) in [6.45, 7) is 4.99. The number of aryl methyl sites for hydroxylation is 1. The van der Waals surface area contributed by atoms with E-state index < -0.39 is 16.1 Å². The fourth-order valence-electron chi connectivity index (χ4n) is 3.63. The topological polar surface area (TPSA) is 66.5 Å². The Morgan fingerprint density at radius 1 is 1.14 bits per heavy atom. The number of carbonyl (C=O) groups excluding carboxylic acids is 1. The normalized spacial score (nSPS) is 17.1. The van der Waals surface area contributed by atoms with Gasteiger partial charge in [0.1, 0.15) is 0 Å². The number of amides is 1. The second-order valence-electron chi connectivity index (χ2n) is 7.30. The fourth-order valence-corrected chi connectivity index (χ4v) is 5.23. The fraction of sp³-hybridized carbons (Fsp3) is 0.409. The molecule has 1 atom stereocenters. The number of rotatable bonds is 7. The molecule has 0 fully saturated rings. The lowest BCUT2D eigenvalue weighted by atomic mass is 9.92. The summed E-state index contributed by atoms with van der Waals surface area (Å²) in [6, 6.07) is 14.2. The van der Waals surface area contributed by atoms with Gasteiger partial charge in [0, 0.05) is 19.5 Å². The number of benzene rings is 2. The van der Waals surface area contributed by atoms with Gasteiger partial charge in [0.05, 0.1) is 10.9 Å². The Bertz CT molecular complexity index is 923.